The number of rotatable bonds is 4. The average Bonchev–Trinajstić information content (AvgIpc) is 2.86. The first-order valence-electron chi connectivity index (χ1n) is 7.36. The molecule has 5 nitrogen and oxygen atoms in total. The molecule has 2 fully saturated rings. The van der Waals surface area contributed by atoms with Gasteiger partial charge in [0.15, 0.2) is 0 Å². The zero-order valence-corrected chi connectivity index (χ0v) is 12.1. The Morgan fingerprint density at radius 2 is 2.37 bits per heavy atom. The summed E-state index contributed by atoms with van der Waals surface area (Å²) < 4.78 is 8.02. The molecule has 1 aromatic heterocycles. The highest BCUT2D eigenvalue weighted by Gasteiger charge is 2.57. The summed E-state index contributed by atoms with van der Waals surface area (Å²) in [6.45, 7) is 9.38. The van der Waals surface area contributed by atoms with E-state index in [4.69, 9.17) is 4.74 Å². The van der Waals surface area contributed by atoms with E-state index in [2.05, 4.69) is 40.9 Å². The Labute approximate surface area is 114 Å². The van der Waals surface area contributed by atoms with E-state index < -0.39 is 0 Å². The second-order valence-corrected chi connectivity index (χ2v) is 6.31. The maximum atomic E-state index is 5.93. The Balaban J connectivity index is 1.63. The molecule has 106 valence electrons. The molecule has 5 heteroatoms. The highest BCUT2D eigenvalue weighted by molar-refractivity contribution is 5.10. The van der Waals surface area contributed by atoms with E-state index in [-0.39, 0.29) is 5.41 Å². The molecule has 2 aliphatic rings. The molecule has 1 aliphatic heterocycles. The van der Waals surface area contributed by atoms with Crippen molar-refractivity contribution >= 4 is 0 Å². The second-order valence-electron chi connectivity index (χ2n) is 6.31. The molecule has 3 atom stereocenters. The van der Waals surface area contributed by atoms with E-state index in [1.165, 1.54) is 12.8 Å². The summed E-state index contributed by atoms with van der Waals surface area (Å²) >= 11 is 0. The molecule has 0 spiro atoms. The van der Waals surface area contributed by atoms with Gasteiger partial charge in [-0.1, -0.05) is 13.8 Å². The molecule has 0 amide bonds. The molecule has 3 rings (SSSR count). The third-order valence-corrected chi connectivity index (χ3v) is 4.85. The van der Waals surface area contributed by atoms with Crippen molar-refractivity contribution in [3.63, 3.8) is 0 Å². The fraction of sp³-hybridized carbons (Fsp3) is 0.857. The summed E-state index contributed by atoms with van der Waals surface area (Å²) in [5.41, 5.74) is 0.224. The van der Waals surface area contributed by atoms with Gasteiger partial charge in [0.25, 0.3) is 0 Å². The van der Waals surface area contributed by atoms with Crippen LogP contribution in [0.5, 0.6) is 0 Å². The van der Waals surface area contributed by atoms with Gasteiger partial charge in [-0.3, -0.25) is 0 Å². The number of nitrogens with one attached hydrogen (secondary N) is 1. The van der Waals surface area contributed by atoms with Gasteiger partial charge in [0, 0.05) is 30.5 Å². The summed E-state index contributed by atoms with van der Waals surface area (Å²) in [4.78, 5) is 0. The van der Waals surface area contributed by atoms with Gasteiger partial charge in [-0.25, -0.2) is 0 Å². The summed E-state index contributed by atoms with van der Waals surface area (Å²) in [6, 6.07) is 0.528. The molecule has 1 saturated carbocycles. The van der Waals surface area contributed by atoms with Crippen LogP contribution in [-0.2, 0) is 17.8 Å². The smallest absolute Gasteiger partial charge is 0.146 e. The predicted molar refractivity (Wildman–Crippen MR) is 72.6 cm³/mol. The van der Waals surface area contributed by atoms with Crippen LogP contribution in [0.15, 0.2) is 6.33 Å². The van der Waals surface area contributed by atoms with Crippen molar-refractivity contribution in [3.8, 4) is 0 Å². The molecule has 3 unspecified atom stereocenters. The lowest BCUT2D eigenvalue weighted by atomic mass is 9.55. The van der Waals surface area contributed by atoms with Gasteiger partial charge >= 0.3 is 0 Å². The van der Waals surface area contributed by atoms with E-state index in [0.29, 0.717) is 18.1 Å². The Morgan fingerprint density at radius 1 is 1.53 bits per heavy atom. The molecule has 0 radical (unpaired) electrons. The van der Waals surface area contributed by atoms with Gasteiger partial charge < -0.3 is 14.6 Å². The van der Waals surface area contributed by atoms with E-state index in [1.54, 1.807) is 6.33 Å². The quantitative estimate of drug-likeness (QED) is 0.897. The van der Waals surface area contributed by atoms with Crippen molar-refractivity contribution in [3.05, 3.63) is 12.2 Å². The fourth-order valence-electron chi connectivity index (χ4n) is 3.82. The maximum absolute atomic E-state index is 5.93. The second kappa shape index (κ2) is 4.87. The summed E-state index contributed by atoms with van der Waals surface area (Å²) in [5.74, 6) is 1.69. The number of nitrogens with zero attached hydrogens (tertiary/aromatic N) is 3. The van der Waals surface area contributed by atoms with Crippen molar-refractivity contribution in [2.45, 2.75) is 58.8 Å². The molecule has 0 aromatic carbocycles. The third kappa shape index (κ3) is 2.09. The van der Waals surface area contributed by atoms with Gasteiger partial charge in [0.2, 0.25) is 0 Å². The van der Waals surface area contributed by atoms with Crippen LogP contribution in [-0.4, -0.2) is 33.5 Å². The fourth-order valence-corrected chi connectivity index (χ4v) is 3.82. The van der Waals surface area contributed by atoms with Gasteiger partial charge in [-0.2, -0.15) is 0 Å². The summed E-state index contributed by atoms with van der Waals surface area (Å²) in [5, 5.41) is 11.9. The van der Waals surface area contributed by atoms with Crippen molar-refractivity contribution < 1.29 is 4.74 Å². The lowest BCUT2D eigenvalue weighted by molar-refractivity contribution is -0.193. The monoisotopic (exact) mass is 264 g/mol. The molecule has 1 N–H and O–H groups in total. The minimum Gasteiger partial charge on any atom is -0.377 e. The molecule has 1 aromatic rings. The summed E-state index contributed by atoms with van der Waals surface area (Å²) in [7, 11) is 0. The summed E-state index contributed by atoms with van der Waals surface area (Å²) in [6.07, 6.45) is 4.71. The lowest BCUT2D eigenvalue weighted by Gasteiger charge is -2.60. The lowest BCUT2D eigenvalue weighted by Crippen LogP contribution is -2.69. The molecule has 2 heterocycles. The van der Waals surface area contributed by atoms with Crippen LogP contribution < -0.4 is 5.32 Å². The highest BCUT2D eigenvalue weighted by atomic mass is 16.5. The third-order valence-electron chi connectivity index (χ3n) is 4.85. The van der Waals surface area contributed by atoms with Crippen molar-refractivity contribution in [1.29, 1.82) is 0 Å². The van der Waals surface area contributed by atoms with Crippen LogP contribution >= 0.6 is 0 Å². The normalized spacial score (nSPS) is 32.7. The Kier molecular flexibility index (Phi) is 3.35. The molecular formula is C14H24N4O. The van der Waals surface area contributed by atoms with Crippen LogP contribution in [0.2, 0.25) is 0 Å². The van der Waals surface area contributed by atoms with E-state index in [0.717, 1.165) is 25.5 Å². The Bertz CT molecular complexity index is 442. The molecular weight excluding hydrogens is 240 g/mol. The van der Waals surface area contributed by atoms with Crippen LogP contribution in [0.3, 0.4) is 0 Å². The first kappa shape index (κ1) is 13.1. The Morgan fingerprint density at radius 3 is 3.16 bits per heavy atom. The van der Waals surface area contributed by atoms with Crippen LogP contribution in [0.25, 0.3) is 0 Å². The number of fused-ring (bicyclic) bond motifs is 1. The highest BCUT2D eigenvalue weighted by Crippen LogP contribution is 2.51. The van der Waals surface area contributed by atoms with Gasteiger partial charge in [-0.05, 0) is 19.8 Å². The van der Waals surface area contributed by atoms with Gasteiger partial charge in [-0.15, -0.1) is 10.2 Å². The van der Waals surface area contributed by atoms with Crippen molar-refractivity contribution in [2.75, 3.05) is 6.61 Å². The number of aromatic nitrogens is 3. The average molecular weight is 264 g/mol. The SMILES string of the molecule is CCn1cnnc1CNC1C2CCCOC2C1(C)C. The predicted octanol–water partition coefficient (Wildman–Crippen LogP) is 1.59. The largest absolute Gasteiger partial charge is 0.377 e. The van der Waals surface area contributed by atoms with E-state index in [1.807, 2.05) is 0 Å². The van der Waals surface area contributed by atoms with Crippen LogP contribution in [0.4, 0.5) is 0 Å². The van der Waals surface area contributed by atoms with Crippen molar-refractivity contribution in [1.82, 2.24) is 20.1 Å². The van der Waals surface area contributed by atoms with Gasteiger partial charge in [0.1, 0.15) is 12.2 Å². The molecule has 1 saturated heterocycles. The zero-order valence-electron chi connectivity index (χ0n) is 12.1. The maximum Gasteiger partial charge on any atom is 0.146 e. The minimum atomic E-state index is 0.224. The van der Waals surface area contributed by atoms with E-state index >= 15 is 0 Å². The molecule has 1 aliphatic carbocycles. The number of hydrogen-bond donors (Lipinski definition) is 1. The minimum absolute atomic E-state index is 0.224. The van der Waals surface area contributed by atoms with Crippen molar-refractivity contribution in [2.24, 2.45) is 11.3 Å². The molecule has 0 bridgehead atoms. The number of hydrogen-bond acceptors (Lipinski definition) is 4. The van der Waals surface area contributed by atoms with E-state index in [9.17, 15) is 0 Å². The first-order valence-corrected chi connectivity index (χ1v) is 7.36. The van der Waals surface area contributed by atoms with Crippen LogP contribution in [0, 0.1) is 11.3 Å². The number of aryl methyl sites for hydroxylation is 1. The van der Waals surface area contributed by atoms with Gasteiger partial charge in [0.05, 0.1) is 12.6 Å². The Hall–Kier alpha value is -0.940. The topological polar surface area (TPSA) is 52.0 Å². The van der Waals surface area contributed by atoms with Crippen LogP contribution in [0.1, 0.15) is 39.4 Å². The number of ether oxygens (including phenoxy) is 1. The first-order chi connectivity index (χ1) is 9.14. The standard InChI is InChI=1S/C14H24N4O/c1-4-18-9-16-17-11(18)8-15-12-10-6-5-7-19-13(10)14(12,2)3/h9-10,12-13,15H,4-8H2,1-3H3. The molecule has 19 heavy (non-hydrogen) atoms. The zero-order chi connectivity index (χ0) is 13.5.